The van der Waals surface area contributed by atoms with Gasteiger partial charge in [-0.1, -0.05) is 96.1 Å². The number of allylic oxidation sites excluding steroid dienone is 4. The van der Waals surface area contributed by atoms with Crippen LogP contribution >= 0.6 is 0 Å². The molecule has 4 aromatic rings. The van der Waals surface area contributed by atoms with Crippen LogP contribution in [0.5, 0.6) is 0 Å². The predicted octanol–water partition coefficient (Wildman–Crippen LogP) is 10.3. The normalized spacial score (nSPS) is 13.8. The number of hydrogen-bond donors (Lipinski definition) is 2. The van der Waals surface area contributed by atoms with Crippen LogP contribution < -0.4 is 0 Å². The largest absolute Gasteiger partial charge is 0.512 e. The summed E-state index contributed by atoms with van der Waals surface area (Å²) < 4.78 is 0. The number of aliphatic hydroxyl groups excluding tert-OH is 2. The molecule has 0 saturated carbocycles. The molecular formula is C43H46CoN2O4. The number of ketones is 2. The van der Waals surface area contributed by atoms with Gasteiger partial charge in [-0.2, -0.15) is 0 Å². The maximum atomic E-state index is 13.8. The number of aliphatic imine (C=N–C) groups is 2. The van der Waals surface area contributed by atoms with Crippen LogP contribution in [0.25, 0.3) is 0 Å². The van der Waals surface area contributed by atoms with Crippen molar-refractivity contribution in [1.82, 2.24) is 0 Å². The molecule has 0 saturated heterocycles. The Morgan fingerprint density at radius 1 is 0.580 bits per heavy atom. The van der Waals surface area contributed by atoms with Gasteiger partial charge in [0.1, 0.15) is 11.5 Å². The summed E-state index contributed by atoms with van der Waals surface area (Å²) in [5.74, 6) is -0.829. The zero-order chi connectivity index (χ0) is 35.8. The molecule has 7 heteroatoms. The van der Waals surface area contributed by atoms with Crippen LogP contribution in [0.15, 0.2) is 118 Å². The monoisotopic (exact) mass is 713 g/mol. The number of hydrogen-bond acceptors (Lipinski definition) is 6. The van der Waals surface area contributed by atoms with Gasteiger partial charge < -0.3 is 10.2 Å². The molecule has 0 aliphatic carbocycles. The molecule has 0 aromatic heterocycles. The summed E-state index contributed by atoms with van der Waals surface area (Å²) >= 11 is 0. The number of Topliss-reactive ketones (excluding diaryl/α,β-unsaturated/α-hetero) is 2. The summed E-state index contributed by atoms with van der Waals surface area (Å²) in [5.41, 5.74) is 8.58. The summed E-state index contributed by atoms with van der Waals surface area (Å²) in [6.07, 6.45) is 3.31. The minimum Gasteiger partial charge on any atom is -0.512 e. The SMILES string of the molecule is C/C(O)=C(/C=N[C@H](C[C@@H](N=C/C(C(=O)c1c(C)cc(C)cc1C)=C(/C)O)c1ccccc1)c1ccccc1)C(=O)c1c(C)cc(C)cc1C.[Co]. The van der Waals surface area contributed by atoms with E-state index >= 15 is 0 Å². The number of aryl methyl sites for hydroxylation is 6. The number of rotatable bonds is 12. The third-order valence-electron chi connectivity index (χ3n) is 8.66. The minimum atomic E-state index is -0.467. The van der Waals surface area contributed by atoms with Gasteiger partial charge in [0, 0.05) is 46.8 Å². The van der Waals surface area contributed by atoms with Crippen molar-refractivity contribution >= 4 is 24.0 Å². The first-order valence-electron chi connectivity index (χ1n) is 16.5. The summed E-state index contributed by atoms with van der Waals surface area (Å²) in [6, 6.07) is 26.3. The van der Waals surface area contributed by atoms with Crippen molar-refractivity contribution in [3.05, 3.63) is 163 Å². The Bertz CT molecular complexity index is 1780. The van der Waals surface area contributed by atoms with E-state index in [0.717, 1.165) is 44.5 Å². The molecule has 2 atom stereocenters. The van der Waals surface area contributed by atoms with E-state index in [9.17, 15) is 19.8 Å². The summed E-state index contributed by atoms with van der Waals surface area (Å²) in [5, 5.41) is 21.4. The second-order valence-corrected chi connectivity index (χ2v) is 12.8. The predicted molar refractivity (Wildman–Crippen MR) is 201 cm³/mol. The van der Waals surface area contributed by atoms with Crippen LogP contribution in [0.4, 0.5) is 0 Å². The number of benzene rings is 4. The zero-order valence-electron chi connectivity index (χ0n) is 30.0. The minimum absolute atomic E-state index is 0. The van der Waals surface area contributed by atoms with Crippen LogP contribution in [0.1, 0.15) is 97.6 Å². The molecule has 0 spiro atoms. The van der Waals surface area contributed by atoms with E-state index in [1.165, 1.54) is 26.3 Å². The average Bonchev–Trinajstić information content (AvgIpc) is 3.03. The molecule has 2 N–H and O–H groups in total. The van der Waals surface area contributed by atoms with E-state index in [4.69, 9.17) is 9.98 Å². The van der Waals surface area contributed by atoms with Crippen LogP contribution in [-0.2, 0) is 16.8 Å². The van der Waals surface area contributed by atoms with Gasteiger partial charge >= 0.3 is 0 Å². The van der Waals surface area contributed by atoms with Gasteiger partial charge in [0.15, 0.2) is 11.6 Å². The van der Waals surface area contributed by atoms with Gasteiger partial charge in [0.2, 0.25) is 0 Å². The Hall–Kier alpha value is -4.85. The zero-order valence-corrected chi connectivity index (χ0v) is 31.1. The van der Waals surface area contributed by atoms with Crippen molar-refractivity contribution in [2.24, 2.45) is 9.98 Å². The topological polar surface area (TPSA) is 99.3 Å². The standard InChI is InChI=1S/C43H46N2O4.Co/c1-26-19-28(3)40(29(4)20-26)42(48)36(32(7)46)24-44-38(34-15-11-9-12-16-34)23-39(35-17-13-10-14-18-35)45-25-37(33(8)47)43(49)41-30(5)21-27(2)22-31(41)6;/h9-22,24-25,38-39,46-47H,23H2,1-8H3;/b36-32+,37-33+,44-24?,45-25?;/t38-,39-;/m1./s1. The number of carbonyl (C=O) groups excluding carboxylic acids is 2. The van der Waals surface area contributed by atoms with Crippen molar-refractivity contribution in [2.75, 3.05) is 0 Å². The molecule has 0 bridgehead atoms. The molecule has 0 aliphatic rings. The van der Waals surface area contributed by atoms with Crippen molar-refractivity contribution in [2.45, 2.75) is 73.9 Å². The summed E-state index contributed by atoms with van der Waals surface area (Å²) in [6.45, 7) is 14.5. The smallest absolute Gasteiger partial charge is 0.198 e. The molecule has 6 nitrogen and oxygen atoms in total. The Morgan fingerprint density at radius 2 is 0.880 bits per heavy atom. The fourth-order valence-corrected chi connectivity index (χ4v) is 6.44. The van der Waals surface area contributed by atoms with Gasteiger partial charge in [-0.3, -0.25) is 19.6 Å². The van der Waals surface area contributed by atoms with Crippen molar-refractivity contribution < 1.29 is 36.6 Å². The second kappa shape index (κ2) is 17.7. The van der Waals surface area contributed by atoms with Gasteiger partial charge in [-0.15, -0.1) is 0 Å². The maximum Gasteiger partial charge on any atom is 0.198 e. The van der Waals surface area contributed by atoms with Crippen molar-refractivity contribution in [1.29, 1.82) is 0 Å². The molecule has 261 valence electrons. The van der Waals surface area contributed by atoms with Crippen molar-refractivity contribution in [3.8, 4) is 0 Å². The van der Waals surface area contributed by atoms with Crippen LogP contribution in [0, 0.1) is 41.5 Å². The van der Waals surface area contributed by atoms with Gasteiger partial charge in [0.25, 0.3) is 0 Å². The first-order chi connectivity index (χ1) is 23.3. The van der Waals surface area contributed by atoms with Gasteiger partial charge in [0.05, 0.1) is 23.2 Å². The Morgan fingerprint density at radius 3 is 1.16 bits per heavy atom. The van der Waals surface area contributed by atoms with Gasteiger partial charge in [-0.05, 0) is 88.8 Å². The first-order valence-corrected chi connectivity index (χ1v) is 16.5. The number of carbonyl (C=O) groups is 2. The molecule has 0 amide bonds. The first kappa shape index (κ1) is 39.6. The number of aliphatic hydroxyl groups is 2. The molecule has 4 aromatic carbocycles. The van der Waals surface area contributed by atoms with Crippen LogP contribution in [0.2, 0.25) is 0 Å². The second-order valence-electron chi connectivity index (χ2n) is 12.8. The molecule has 0 heterocycles. The average molecular weight is 714 g/mol. The molecule has 0 fully saturated rings. The third kappa shape index (κ3) is 9.64. The molecule has 50 heavy (non-hydrogen) atoms. The van der Waals surface area contributed by atoms with E-state index in [1.807, 2.05) is 126 Å². The molecule has 4 rings (SSSR count). The molecule has 1 radical (unpaired) electrons. The number of nitrogens with zero attached hydrogens (tertiary/aromatic N) is 2. The van der Waals surface area contributed by atoms with E-state index in [2.05, 4.69) is 0 Å². The molecule has 0 aliphatic heterocycles. The molecular weight excluding hydrogens is 667 g/mol. The van der Waals surface area contributed by atoms with E-state index in [-0.39, 0.29) is 51.0 Å². The quantitative estimate of drug-likeness (QED) is 0.0661. The van der Waals surface area contributed by atoms with Crippen LogP contribution in [-0.4, -0.2) is 34.2 Å². The van der Waals surface area contributed by atoms with Gasteiger partial charge in [-0.25, -0.2) is 0 Å². The Kier molecular flexibility index (Phi) is 14.0. The fraction of sp³-hybridized carbons (Fsp3) is 0.256. The Balaban J connectivity index is 0.00000676. The van der Waals surface area contributed by atoms with E-state index < -0.39 is 12.1 Å². The fourth-order valence-electron chi connectivity index (χ4n) is 6.44. The molecule has 0 unspecified atom stereocenters. The van der Waals surface area contributed by atoms with Crippen molar-refractivity contribution in [3.63, 3.8) is 0 Å². The van der Waals surface area contributed by atoms with Crippen LogP contribution in [0.3, 0.4) is 0 Å². The van der Waals surface area contributed by atoms with E-state index in [1.54, 1.807) is 0 Å². The Labute approximate surface area is 306 Å². The van der Waals surface area contributed by atoms with E-state index in [0.29, 0.717) is 17.5 Å². The third-order valence-corrected chi connectivity index (χ3v) is 8.66. The summed E-state index contributed by atoms with van der Waals surface area (Å²) in [4.78, 5) is 37.5. The maximum absolute atomic E-state index is 13.8. The summed E-state index contributed by atoms with van der Waals surface area (Å²) in [7, 11) is 0.